The van der Waals surface area contributed by atoms with Gasteiger partial charge in [0.1, 0.15) is 0 Å². The van der Waals surface area contributed by atoms with E-state index in [4.69, 9.17) is 5.73 Å². The quantitative estimate of drug-likeness (QED) is 0.876. The summed E-state index contributed by atoms with van der Waals surface area (Å²) >= 11 is 0. The third-order valence-corrected chi connectivity index (χ3v) is 4.38. The minimum Gasteiger partial charge on any atom is -0.326 e. The first-order valence-corrected chi connectivity index (χ1v) is 7.36. The summed E-state index contributed by atoms with van der Waals surface area (Å²) in [4.78, 5) is 4.95. The molecular weight excluding hydrogens is 234 g/mol. The van der Waals surface area contributed by atoms with E-state index >= 15 is 0 Å². The maximum absolute atomic E-state index is 5.80. The Hall–Kier alpha value is -0.900. The van der Waals surface area contributed by atoms with Crippen LogP contribution in [0.1, 0.15) is 24.0 Å². The van der Waals surface area contributed by atoms with Gasteiger partial charge in [0.15, 0.2) is 0 Å². The maximum atomic E-state index is 5.80. The lowest BCUT2D eigenvalue weighted by molar-refractivity contribution is 0.145. The maximum Gasteiger partial charge on any atom is 0.0180 e. The first-order chi connectivity index (χ1) is 9.20. The van der Waals surface area contributed by atoms with Crippen LogP contribution in [0.3, 0.4) is 0 Å². The Morgan fingerprint density at radius 1 is 1.21 bits per heavy atom. The summed E-state index contributed by atoms with van der Waals surface area (Å²) in [5, 5.41) is 0. The van der Waals surface area contributed by atoms with Crippen LogP contribution in [0.15, 0.2) is 24.3 Å². The minimum atomic E-state index is 0.647. The van der Waals surface area contributed by atoms with E-state index in [9.17, 15) is 0 Å². The fourth-order valence-electron chi connectivity index (χ4n) is 2.92. The minimum absolute atomic E-state index is 0.647. The second-order valence-electron chi connectivity index (χ2n) is 5.74. The van der Waals surface area contributed by atoms with Crippen molar-refractivity contribution >= 4 is 0 Å². The van der Waals surface area contributed by atoms with Gasteiger partial charge in [0.2, 0.25) is 0 Å². The summed E-state index contributed by atoms with van der Waals surface area (Å²) < 4.78 is 0. The molecule has 1 aromatic rings. The smallest absolute Gasteiger partial charge is 0.0180 e. The van der Waals surface area contributed by atoms with E-state index in [-0.39, 0.29) is 0 Å². The van der Waals surface area contributed by atoms with E-state index in [0.29, 0.717) is 6.54 Å². The summed E-state index contributed by atoms with van der Waals surface area (Å²) in [6, 6.07) is 9.30. The summed E-state index contributed by atoms with van der Waals surface area (Å²) in [5.41, 5.74) is 8.49. The summed E-state index contributed by atoms with van der Waals surface area (Å²) in [6.45, 7) is 4.24. The number of likely N-dealkylation sites (tertiary alicyclic amines) is 1. The molecule has 2 N–H and O–H groups in total. The van der Waals surface area contributed by atoms with Crippen molar-refractivity contribution in [2.24, 2.45) is 5.73 Å². The van der Waals surface area contributed by atoms with Gasteiger partial charge < -0.3 is 15.5 Å². The van der Waals surface area contributed by atoms with E-state index < -0.39 is 0 Å². The fourth-order valence-corrected chi connectivity index (χ4v) is 2.92. The Labute approximate surface area is 117 Å². The van der Waals surface area contributed by atoms with Crippen LogP contribution in [0.2, 0.25) is 0 Å². The monoisotopic (exact) mass is 261 g/mol. The standard InChI is InChI=1S/C16H27N3/c1-18-10-8-16(9-11-18)19(2)12-7-14-5-3-4-6-15(14)13-17/h3-6,16H,7-13,17H2,1-2H3. The molecule has 1 fully saturated rings. The molecule has 1 aliphatic heterocycles. The first kappa shape index (κ1) is 14.5. The van der Waals surface area contributed by atoms with Gasteiger partial charge in [-0.15, -0.1) is 0 Å². The number of nitrogens with zero attached hydrogens (tertiary/aromatic N) is 2. The third-order valence-electron chi connectivity index (χ3n) is 4.38. The van der Waals surface area contributed by atoms with Crippen molar-refractivity contribution in [1.29, 1.82) is 0 Å². The van der Waals surface area contributed by atoms with Gasteiger partial charge in [0.05, 0.1) is 0 Å². The number of benzene rings is 1. The lowest BCUT2D eigenvalue weighted by Gasteiger charge is -2.35. The van der Waals surface area contributed by atoms with Crippen LogP contribution in [-0.2, 0) is 13.0 Å². The van der Waals surface area contributed by atoms with Crippen molar-refractivity contribution in [2.75, 3.05) is 33.7 Å². The highest BCUT2D eigenvalue weighted by Gasteiger charge is 2.20. The Morgan fingerprint density at radius 3 is 2.47 bits per heavy atom. The molecule has 0 aromatic heterocycles. The summed E-state index contributed by atoms with van der Waals surface area (Å²) in [6.07, 6.45) is 3.70. The van der Waals surface area contributed by atoms with Crippen molar-refractivity contribution < 1.29 is 0 Å². The van der Waals surface area contributed by atoms with Crippen molar-refractivity contribution in [1.82, 2.24) is 9.80 Å². The predicted octanol–water partition coefficient (Wildman–Crippen LogP) is 1.71. The van der Waals surface area contributed by atoms with Gasteiger partial charge in [0, 0.05) is 19.1 Å². The van der Waals surface area contributed by atoms with Gasteiger partial charge in [-0.3, -0.25) is 0 Å². The van der Waals surface area contributed by atoms with E-state index in [0.717, 1.165) is 19.0 Å². The molecule has 3 heteroatoms. The normalized spacial score (nSPS) is 18.1. The highest BCUT2D eigenvalue weighted by Crippen LogP contribution is 2.15. The zero-order valence-electron chi connectivity index (χ0n) is 12.3. The highest BCUT2D eigenvalue weighted by atomic mass is 15.2. The number of hydrogen-bond donors (Lipinski definition) is 1. The van der Waals surface area contributed by atoms with Crippen molar-refractivity contribution in [3.63, 3.8) is 0 Å². The van der Waals surface area contributed by atoms with E-state index in [1.807, 2.05) is 0 Å². The van der Waals surface area contributed by atoms with Crippen LogP contribution < -0.4 is 5.73 Å². The third kappa shape index (κ3) is 4.03. The van der Waals surface area contributed by atoms with Crippen LogP contribution in [0, 0.1) is 0 Å². The Morgan fingerprint density at radius 2 is 1.84 bits per heavy atom. The molecule has 0 aliphatic carbocycles. The molecule has 1 heterocycles. The molecule has 19 heavy (non-hydrogen) atoms. The zero-order chi connectivity index (χ0) is 13.7. The molecule has 1 saturated heterocycles. The van der Waals surface area contributed by atoms with E-state index in [1.54, 1.807) is 0 Å². The Kier molecular flexibility index (Phi) is 5.37. The van der Waals surface area contributed by atoms with Crippen LogP contribution >= 0.6 is 0 Å². The largest absolute Gasteiger partial charge is 0.326 e. The lowest BCUT2D eigenvalue weighted by Crippen LogP contribution is -2.42. The first-order valence-electron chi connectivity index (χ1n) is 7.36. The van der Waals surface area contributed by atoms with Crippen LogP contribution in [-0.4, -0.2) is 49.6 Å². The molecule has 106 valence electrons. The number of hydrogen-bond acceptors (Lipinski definition) is 3. The molecule has 0 amide bonds. The van der Waals surface area contributed by atoms with Gasteiger partial charge in [-0.25, -0.2) is 0 Å². The zero-order valence-corrected chi connectivity index (χ0v) is 12.3. The molecule has 0 atom stereocenters. The average Bonchev–Trinajstić information content (AvgIpc) is 2.45. The summed E-state index contributed by atoms with van der Waals surface area (Å²) in [5.74, 6) is 0. The van der Waals surface area contributed by atoms with Gasteiger partial charge in [-0.05, 0) is 57.6 Å². The summed E-state index contributed by atoms with van der Waals surface area (Å²) in [7, 11) is 4.48. The highest BCUT2D eigenvalue weighted by molar-refractivity contribution is 5.27. The fraction of sp³-hybridized carbons (Fsp3) is 0.625. The van der Waals surface area contributed by atoms with E-state index in [2.05, 4.69) is 48.2 Å². The predicted molar refractivity (Wildman–Crippen MR) is 81.2 cm³/mol. The molecular formula is C16H27N3. The Balaban J connectivity index is 1.84. The van der Waals surface area contributed by atoms with Crippen LogP contribution in [0.25, 0.3) is 0 Å². The van der Waals surface area contributed by atoms with E-state index in [1.165, 1.54) is 37.1 Å². The molecule has 0 saturated carbocycles. The molecule has 0 spiro atoms. The molecule has 0 bridgehead atoms. The lowest BCUT2D eigenvalue weighted by atomic mass is 10.0. The van der Waals surface area contributed by atoms with Gasteiger partial charge in [0.25, 0.3) is 0 Å². The SMILES string of the molecule is CN1CCC(N(C)CCc2ccccc2CN)CC1. The number of rotatable bonds is 5. The number of likely N-dealkylation sites (N-methyl/N-ethyl adjacent to an activating group) is 1. The van der Waals surface area contributed by atoms with Crippen molar-refractivity contribution in [3.8, 4) is 0 Å². The molecule has 3 nitrogen and oxygen atoms in total. The van der Waals surface area contributed by atoms with Gasteiger partial charge >= 0.3 is 0 Å². The Bertz CT molecular complexity index is 383. The van der Waals surface area contributed by atoms with Crippen molar-refractivity contribution in [3.05, 3.63) is 35.4 Å². The topological polar surface area (TPSA) is 32.5 Å². The second-order valence-corrected chi connectivity index (χ2v) is 5.74. The molecule has 0 unspecified atom stereocenters. The van der Waals surface area contributed by atoms with Crippen molar-refractivity contribution in [2.45, 2.75) is 31.8 Å². The molecule has 2 rings (SSSR count). The average molecular weight is 261 g/mol. The van der Waals surface area contributed by atoms with Crippen LogP contribution in [0.5, 0.6) is 0 Å². The molecule has 1 aromatic carbocycles. The van der Waals surface area contributed by atoms with Gasteiger partial charge in [-0.2, -0.15) is 0 Å². The second kappa shape index (κ2) is 7.04. The van der Waals surface area contributed by atoms with Crippen LogP contribution in [0.4, 0.5) is 0 Å². The van der Waals surface area contributed by atoms with Gasteiger partial charge in [-0.1, -0.05) is 24.3 Å². The number of nitrogens with two attached hydrogens (primary N) is 1. The molecule has 1 aliphatic rings. The number of piperidine rings is 1. The molecule has 0 radical (unpaired) electrons.